The molecule has 0 aliphatic carbocycles. The van der Waals surface area contributed by atoms with Crippen molar-refractivity contribution < 1.29 is 113 Å². The number of carbonyl (C=O) groups is 2. The van der Waals surface area contributed by atoms with Crippen LogP contribution in [0.4, 0.5) is 0 Å². The minimum atomic E-state index is -1.40. The third-order valence-electron chi connectivity index (χ3n) is 13.0. The van der Waals surface area contributed by atoms with Crippen LogP contribution >= 0.6 is 0 Å². The van der Waals surface area contributed by atoms with E-state index in [1.165, 1.54) is 56.9 Å². The van der Waals surface area contributed by atoms with Gasteiger partial charge in [0.1, 0.15) is 59.2 Å². The molecular formula is C63H67N6Na2O11+. The zero-order valence-electron chi connectivity index (χ0n) is 47.7. The van der Waals surface area contributed by atoms with Crippen LogP contribution in [0, 0.1) is 11.8 Å². The number of benzene rings is 6. The van der Waals surface area contributed by atoms with E-state index in [4.69, 9.17) is 33.9 Å². The molecule has 0 saturated heterocycles. The van der Waals surface area contributed by atoms with Crippen LogP contribution in [-0.2, 0) is 9.59 Å². The molecular weight excluding hydrogens is 1060 g/mol. The van der Waals surface area contributed by atoms with Gasteiger partial charge in [-0.05, 0) is 80.1 Å². The Hall–Kier alpha value is -7.12. The molecule has 0 aliphatic rings. The van der Waals surface area contributed by atoms with Gasteiger partial charge in [0.15, 0.2) is 40.7 Å². The van der Waals surface area contributed by atoms with Crippen molar-refractivity contribution >= 4 is 11.8 Å². The van der Waals surface area contributed by atoms with E-state index in [2.05, 4.69) is 42.6 Å². The number of hydrogen-bond acceptors (Lipinski definition) is 17. The Morgan fingerprint density at radius 3 is 1.02 bits per heavy atom. The second-order valence-corrected chi connectivity index (χ2v) is 19.2. The van der Waals surface area contributed by atoms with Crippen LogP contribution in [0.1, 0.15) is 86.0 Å². The molecule has 2 heterocycles. The Labute approximate surface area is 522 Å². The van der Waals surface area contributed by atoms with Crippen LogP contribution in [0.25, 0.3) is 68.3 Å². The van der Waals surface area contributed by atoms with E-state index >= 15 is 0 Å². The monoisotopic (exact) mass is 1130 g/mol. The summed E-state index contributed by atoms with van der Waals surface area (Å²) in [5, 5.41) is 54.0. The van der Waals surface area contributed by atoms with Crippen molar-refractivity contribution in [2.75, 3.05) is 26.4 Å². The number of nitrogens with zero attached hydrogens (tertiary/aromatic N) is 6. The van der Waals surface area contributed by atoms with E-state index in [1.54, 1.807) is 48.5 Å². The normalized spacial score (nSPS) is 11.4. The maximum Gasteiger partial charge on any atom is 1.00 e. The third-order valence-corrected chi connectivity index (χ3v) is 13.0. The predicted octanol–water partition coefficient (Wildman–Crippen LogP) is 5.86. The smallest absolute Gasteiger partial charge is 0.546 e. The molecule has 416 valence electrons. The number of aromatic hydroxyl groups is 4. The number of carbonyl (C=O) groups excluding carboxylic acids is 2. The molecule has 8 rings (SSSR count). The van der Waals surface area contributed by atoms with E-state index in [-0.39, 0.29) is 123 Å². The average molecular weight is 1130 g/mol. The van der Waals surface area contributed by atoms with Crippen LogP contribution in [0.15, 0.2) is 133 Å². The Kier molecular flexibility index (Phi) is 26.5. The number of rotatable bonds is 26. The molecule has 0 radical (unpaired) electrons. The minimum absolute atomic E-state index is 0. The maximum absolute atomic E-state index is 11.2. The van der Waals surface area contributed by atoms with E-state index in [0.717, 1.165) is 31.2 Å². The molecule has 19 heteroatoms. The summed E-state index contributed by atoms with van der Waals surface area (Å²) >= 11 is 0. The van der Waals surface area contributed by atoms with Crippen molar-refractivity contribution in [1.82, 2.24) is 29.9 Å². The first-order valence-electron chi connectivity index (χ1n) is 26.9. The zero-order chi connectivity index (χ0) is 57.0. The fourth-order valence-electron chi connectivity index (χ4n) is 8.38. The fraction of sp³-hybridized carbons (Fsp3) is 0.302. The van der Waals surface area contributed by atoms with E-state index in [1.807, 2.05) is 60.7 Å². The largest absolute Gasteiger partial charge is 1.00 e. The maximum atomic E-state index is 11.2. The summed E-state index contributed by atoms with van der Waals surface area (Å²) in [4.78, 5) is 49.4. The number of ketones is 1. The number of phenolic OH excluding ortho intramolecular Hbond substituents is 4. The number of carboxylic acid groups (broad SMARTS) is 1. The Morgan fingerprint density at radius 1 is 0.439 bits per heavy atom. The van der Waals surface area contributed by atoms with Gasteiger partial charge in [-0.15, -0.1) is 0 Å². The summed E-state index contributed by atoms with van der Waals surface area (Å²) in [5.74, 6) is 2.21. The number of phenols is 4. The number of aromatic nitrogens is 6. The van der Waals surface area contributed by atoms with Gasteiger partial charge < -0.3 is 49.3 Å². The third kappa shape index (κ3) is 19.0. The van der Waals surface area contributed by atoms with Crippen molar-refractivity contribution in [3.63, 3.8) is 0 Å². The van der Waals surface area contributed by atoms with Crippen LogP contribution in [0.3, 0.4) is 0 Å². The molecule has 2 aromatic heterocycles. The first kappa shape index (κ1) is 65.7. The summed E-state index contributed by atoms with van der Waals surface area (Å²) < 4.78 is 22.5. The van der Waals surface area contributed by atoms with Gasteiger partial charge in [0.25, 0.3) is 0 Å². The summed E-state index contributed by atoms with van der Waals surface area (Å²) in [6.45, 7) is 10.6. The molecule has 2 atom stereocenters. The van der Waals surface area contributed by atoms with Crippen molar-refractivity contribution in [3.8, 4) is 114 Å². The first-order chi connectivity index (χ1) is 38.7. The van der Waals surface area contributed by atoms with E-state index in [9.17, 15) is 35.1 Å². The first-order valence-corrected chi connectivity index (χ1v) is 26.9. The van der Waals surface area contributed by atoms with Gasteiger partial charge in [0.2, 0.25) is 0 Å². The number of aliphatic carboxylic acids is 1. The molecule has 6 aromatic carbocycles. The Balaban J connectivity index is 0.000000299. The van der Waals surface area contributed by atoms with Gasteiger partial charge in [-0.1, -0.05) is 127 Å². The van der Waals surface area contributed by atoms with E-state index < -0.39 is 12.6 Å². The van der Waals surface area contributed by atoms with Crippen LogP contribution in [0.2, 0.25) is 0 Å². The molecule has 17 nitrogen and oxygen atoms in total. The topological polar surface area (TPSA) is 252 Å². The van der Waals surface area contributed by atoms with E-state index in [0.29, 0.717) is 82.3 Å². The molecule has 8 aromatic rings. The second-order valence-electron chi connectivity index (χ2n) is 19.2. The molecule has 4 N–H and O–H groups in total. The van der Waals surface area contributed by atoms with Crippen molar-refractivity contribution in [3.05, 3.63) is 133 Å². The fourth-order valence-corrected chi connectivity index (χ4v) is 8.38. The Morgan fingerprint density at radius 2 is 0.744 bits per heavy atom. The SMILES string of the molecule is CC(=O)COc1ccc(-c2nc(-c3ccccc3)nc(-c3ccc(OCC(=O)[O-])cc3O)n2)c(O)c1.CCCCC(CC)COc1ccc(-c2nc(-c3ccccc3)nc(-c3ccc(OCC(CC)CCCC)cc3O)n2)c(O)c1.[Na+].[Na+]. The van der Waals surface area contributed by atoms with Gasteiger partial charge in [0, 0.05) is 35.4 Å². The molecule has 2 unspecified atom stereocenters. The number of hydrogen-bond donors (Lipinski definition) is 4. The number of Topliss-reactive ketones (excluding diaryl/α,β-unsaturated/α-hetero) is 1. The predicted molar refractivity (Wildman–Crippen MR) is 303 cm³/mol. The Bertz CT molecular complexity index is 3170. The van der Waals surface area contributed by atoms with Gasteiger partial charge in [-0.25, -0.2) is 29.9 Å². The summed E-state index contributed by atoms with van der Waals surface area (Å²) in [6.07, 6.45) is 9.06. The van der Waals surface area contributed by atoms with Gasteiger partial charge in [-0.3, -0.25) is 4.79 Å². The second kappa shape index (κ2) is 33.1. The summed E-state index contributed by atoms with van der Waals surface area (Å²) in [7, 11) is 0. The number of ether oxygens (including phenoxy) is 4. The molecule has 0 amide bonds. The number of carboxylic acids is 1. The molecule has 0 fully saturated rings. The minimum Gasteiger partial charge on any atom is -0.546 e. The standard InChI is InChI=1S/C37H47N3O4.C26H21N3O7.2Na/c1-5-9-14-26(7-3)24-43-29-18-20-31(33(41)22-29)36-38-35(28-16-12-11-13-17-28)39-37(40-36)32-21-19-30(23-34(32)42)44-25-27(8-4)15-10-6-2;1-15(30)13-35-17-7-9-19(21(31)11-17)25-27-24(16-5-3-2-4-6-16)28-26(29-25)20-10-8-18(12-22(20)32)36-14-23(33)34;;/h11-13,16-23,26-27,41-42H,5-10,14-15,24-25H2,1-4H3;2-12,31-32H,13-14H2,1H3,(H,33,34);;/q;;2*+1/p-1. The van der Waals surface area contributed by atoms with Crippen LogP contribution in [-0.4, -0.2) is 88.5 Å². The summed E-state index contributed by atoms with van der Waals surface area (Å²) in [5.41, 5.74) is 2.89. The molecule has 0 spiro atoms. The molecule has 0 bridgehead atoms. The van der Waals surface area contributed by atoms with Gasteiger partial charge >= 0.3 is 59.1 Å². The van der Waals surface area contributed by atoms with Crippen LogP contribution in [0.5, 0.6) is 46.0 Å². The van der Waals surface area contributed by atoms with Crippen molar-refractivity contribution in [2.45, 2.75) is 86.0 Å². The van der Waals surface area contributed by atoms with Crippen LogP contribution < -0.4 is 83.2 Å². The quantitative estimate of drug-likeness (QED) is 0.0463. The molecule has 0 saturated carbocycles. The molecule has 0 aliphatic heterocycles. The van der Waals surface area contributed by atoms with Gasteiger partial charge in [0.05, 0.1) is 41.4 Å². The summed E-state index contributed by atoms with van der Waals surface area (Å²) in [6, 6.07) is 37.8. The molecule has 82 heavy (non-hydrogen) atoms. The zero-order valence-corrected chi connectivity index (χ0v) is 51.7. The van der Waals surface area contributed by atoms with Crippen molar-refractivity contribution in [1.29, 1.82) is 0 Å². The average Bonchev–Trinajstić information content (AvgIpc) is 3.52. The number of unbranched alkanes of at least 4 members (excludes halogenated alkanes) is 2. The van der Waals surface area contributed by atoms with Gasteiger partial charge in [-0.2, -0.15) is 0 Å². The van der Waals surface area contributed by atoms with Crippen molar-refractivity contribution in [2.24, 2.45) is 11.8 Å².